The number of hydrogen-bond acceptors (Lipinski definition) is 7. The van der Waals surface area contributed by atoms with Gasteiger partial charge in [-0.25, -0.2) is 14.6 Å². The predicted octanol–water partition coefficient (Wildman–Crippen LogP) is 4.68. The van der Waals surface area contributed by atoms with Crippen molar-refractivity contribution in [2.24, 2.45) is 0 Å². The van der Waals surface area contributed by atoms with E-state index in [0.29, 0.717) is 23.1 Å². The van der Waals surface area contributed by atoms with Crippen molar-refractivity contribution in [3.63, 3.8) is 0 Å². The van der Waals surface area contributed by atoms with Crippen LogP contribution in [0.3, 0.4) is 0 Å². The zero-order valence-corrected chi connectivity index (χ0v) is 21.0. The van der Waals surface area contributed by atoms with Crippen molar-refractivity contribution in [1.82, 2.24) is 29.6 Å². The van der Waals surface area contributed by atoms with Crippen molar-refractivity contribution in [2.45, 2.75) is 46.1 Å². The van der Waals surface area contributed by atoms with Gasteiger partial charge in [-0.15, -0.1) is 11.3 Å². The molecule has 0 bridgehead atoms. The second-order valence-corrected chi connectivity index (χ2v) is 9.95. The number of aromatic nitrogens is 5. The number of piperidine rings is 1. The van der Waals surface area contributed by atoms with Gasteiger partial charge >= 0.3 is 0 Å². The second kappa shape index (κ2) is 10.1. The molecule has 4 aromatic rings. The van der Waals surface area contributed by atoms with E-state index >= 15 is 0 Å². The van der Waals surface area contributed by atoms with Gasteiger partial charge in [-0.1, -0.05) is 6.07 Å². The summed E-state index contributed by atoms with van der Waals surface area (Å²) in [6, 6.07) is 11.8. The summed E-state index contributed by atoms with van der Waals surface area (Å²) in [7, 11) is 0. The van der Waals surface area contributed by atoms with E-state index in [2.05, 4.69) is 37.4 Å². The lowest BCUT2D eigenvalue weighted by Gasteiger charge is -2.30. The van der Waals surface area contributed by atoms with Crippen molar-refractivity contribution in [3.8, 4) is 5.82 Å². The van der Waals surface area contributed by atoms with Crippen LogP contribution in [0.1, 0.15) is 57.0 Å². The first-order chi connectivity index (χ1) is 17.0. The average molecular weight is 488 g/mol. The number of carbonyl (C=O) groups excluding carboxylic acids is 1. The molecule has 0 radical (unpaired) electrons. The molecule has 0 spiro atoms. The van der Waals surface area contributed by atoms with E-state index in [1.807, 2.05) is 44.4 Å². The molecular weight excluding hydrogens is 458 g/mol. The van der Waals surface area contributed by atoms with Gasteiger partial charge in [0.1, 0.15) is 5.69 Å². The Morgan fingerprint density at radius 1 is 1.09 bits per heavy atom. The fourth-order valence-electron chi connectivity index (χ4n) is 4.53. The molecule has 180 valence electrons. The van der Waals surface area contributed by atoms with E-state index < -0.39 is 0 Å². The Bertz CT molecular complexity index is 1340. The number of amides is 1. The van der Waals surface area contributed by atoms with Crippen molar-refractivity contribution < 1.29 is 4.79 Å². The van der Waals surface area contributed by atoms with Gasteiger partial charge in [0.2, 0.25) is 0 Å². The first-order valence-corrected chi connectivity index (χ1v) is 12.7. The largest absolute Gasteiger partial charge is 0.317 e. The van der Waals surface area contributed by atoms with Gasteiger partial charge < -0.3 is 5.32 Å². The first-order valence-electron chi connectivity index (χ1n) is 11.9. The molecular formula is C26H29N7OS. The molecule has 1 aliphatic heterocycles. The molecule has 5 heterocycles. The first kappa shape index (κ1) is 23.3. The third kappa shape index (κ3) is 5.31. The van der Waals surface area contributed by atoms with Crippen molar-refractivity contribution >= 4 is 22.9 Å². The lowest BCUT2D eigenvalue weighted by atomic mass is 9.97. The van der Waals surface area contributed by atoms with E-state index in [1.165, 1.54) is 0 Å². The third-order valence-electron chi connectivity index (χ3n) is 6.27. The second-order valence-electron chi connectivity index (χ2n) is 9.06. The highest BCUT2D eigenvalue weighted by Crippen LogP contribution is 2.31. The summed E-state index contributed by atoms with van der Waals surface area (Å²) in [4.78, 5) is 29.3. The lowest BCUT2D eigenvalue weighted by molar-refractivity contribution is 0.102. The minimum Gasteiger partial charge on any atom is -0.317 e. The highest BCUT2D eigenvalue weighted by atomic mass is 32.1. The van der Waals surface area contributed by atoms with Crippen molar-refractivity contribution in [3.05, 3.63) is 81.5 Å². The van der Waals surface area contributed by atoms with Gasteiger partial charge in [0, 0.05) is 35.4 Å². The van der Waals surface area contributed by atoms with E-state index in [1.54, 1.807) is 28.3 Å². The summed E-state index contributed by atoms with van der Waals surface area (Å²) in [6.45, 7) is 8.82. The number of rotatable bonds is 6. The molecule has 1 amide bonds. The number of nitrogens with one attached hydrogen (secondary N) is 1. The van der Waals surface area contributed by atoms with E-state index in [-0.39, 0.29) is 5.91 Å². The Kier molecular flexibility index (Phi) is 6.70. The molecule has 0 aromatic carbocycles. The van der Waals surface area contributed by atoms with E-state index in [9.17, 15) is 4.79 Å². The zero-order chi connectivity index (χ0) is 24.4. The molecule has 4 aromatic heterocycles. The summed E-state index contributed by atoms with van der Waals surface area (Å²) in [5.74, 6) is 0.746. The van der Waals surface area contributed by atoms with Crippen LogP contribution in [0.4, 0.5) is 5.69 Å². The van der Waals surface area contributed by atoms with Crippen LogP contribution in [0.2, 0.25) is 0 Å². The van der Waals surface area contributed by atoms with E-state index in [4.69, 9.17) is 4.98 Å². The highest BCUT2D eigenvalue weighted by Gasteiger charge is 2.24. The van der Waals surface area contributed by atoms with Gasteiger partial charge in [-0.3, -0.25) is 14.7 Å². The quantitative estimate of drug-likeness (QED) is 0.425. The summed E-state index contributed by atoms with van der Waals surface area (Å²) in [5.41, 5.74) is 5.08. The minimum absolute atomic E-state index is 0.230. The van der Waals surface area contributed by atoms with Crippen molar-refractivity contribution in [1.29, 1.82) is 0 Å². The van der Waals surface area contributed by atoms with Crippen LogP contribution in [-0.4, -0.2) is 48.6 Å². The number of hydrogen-bond donors (Lipinski definition) is 1. The molecule has 8 nitrogen and oxygen atoms in total. The normalized spacial score (nSPS) is 14.8. The molecule has 9 heteroatoms. The number of aryl methyl sites for hydroxylation is 3. The predicted molar refractivity (Wildman–Crippen MR) is 137 cm³/mol. The fourth-order valence-corrected chi connectivity index (χ4v) is 5.50. The fraction of sp³-hybridized carbons (Fsp3) is 0.346. The standard InChI is InChI=1S/C26H29N7OS/c1-17-6-4-7-21(28-17)15-32-12-9-20(10-13-32)26-30-23(16-35-26)25(34)29-22-8-5-11-27-24(22)33-19(3)14-18(2)31-33/h4-8,11,14,16,20H,9-10,12-13,15H2,1-3H3,(H,29,34). The monoisotopic (exact) mass is 487 g/mol. The number of pyridine rings is 2. The van der Waals surface area contributed by atoms with Crippen LogP contribution in [0.15, 0.2) is 48.0 Å². The molecule has 1 aliphatic rings. The number of thiazole rings is 1. The zero-order valence-electron chi connectivity index (χ0n) is 20.2. The summed E-state index contributed by atoms with van der Waals surface area (Å²) in [6.07, 6.45) is 3.76. The van der Waals surface area contributed by atoms with Gasteiger partial charge in [0.25, 0.3) is 5.91 Å². The molecule has 0 aliphatic carbocycles. The number of nitrogens with zero attached hydrogens (tertiary/aromatic N) is 6. The Morgan fingerprint density at radius 2 is 1.91 bits per heavy atom. The molecule has 1 N–H and O–H groups in total. The number of anilines is 1. The molecule has 1 fully saturated rings. The maximum atomic E-state index is 13.0. The molecule has 35 heavy (non-hydrogen) atoms. The minimum atomic E-state index is -0.230. The Labute approximate surface area is 209 Å². The van der Waals surface area contributed by atoms with Crippen LogP contribution < -0.4 is 5.32 Å². The van der Waals surface area contributed by atoms with Gasteiger partial charge in [-0.2, -0.15) is 5.10 Å². The van der Waals surface area contributed by atoms with Crippen LogP contribution in [0.5, 0.6) is 0 Å². The summed E-state index contributed by atoms with van der Waals surface area (Å²) < 4.78 is 1.75. The Hall–Kier alpha value is -3.43. The van der Waals surface area contributed by atoms with Crippen LogP contribution in [-0.2, 0) is 6.54 Å². The number of likely N-dealkylation sites (tertiary alicyclic amines) is 1. The summed E-state index contributed by atoms with van der Waals surface area (Å²) in [5, 5.41) is 10.4. The topological polar surface area (TPSA) is 88.8 Å². The molecule has 0 saturated carbocycles. The summed E-state index contributed by atoms with van der Waals surface area (Å²) >= 11 is 1.57. The van der Waals surface area contributed by atoms with Crippen LogP contribution >= 0.6 is 11.3 Å². The lowest BCUT2D eigenvalue weighted by Crippen LogP contribution is -2.32. The van der Waals surface area contributed by atoms with Crippen LogP contribution in [0.25, 0.3) is 5.82 Å². The van der Waals surface area contributed by atoms with Crippen molar-refractivity contribution in [2.75, 3.05) is 18.4 Å². The Balaban J connectivity index is 1.22. The number of carbonyl (C=O) groups is 1. The molecule has 5 rings (SSSR count). The third-order valence-corrected chi connectivity index (χ3v) is 7.28. The van der Waals surface area contributed by atoms with Gasteiger partial charge in [0.15, 0.2) is 5.82 Å². The van der Waals surface area contributed by atoms with Crippen LogP contribution in [0, 0.1) is 20.8 Å². The highest BCUT2D eigenvalue weighted by molar-refractivity contribution is 7.10. The molecule has 0 atom stereocenters. The Morgan fingerprint density at radius 3 is 2.66 bits per heavy atom. The van der Waals surface area contributed by atoms with Gasteiger partial charge in [-0.05, 0) is 77.0 Å². The van der Waals surface area contributed by atoms with E-state index in [0.717, 1.165) is 60.3 Å². The molecule has 1 saturated heterocycles. The van der Waals surface area contributed by atoms with Gasteiger partial charge in [0.05, 0.1) is 22.1 Å². The molecule has 0 unspecified atom stereocenters. The smallest absolute Gasteiger partial charge is 0.275 e. The maximum Gasteiger partial charge on any atom is 0.275 e. The maximum absolute atomic E-state index is 13.0. The average Bonchev–Trinajstić information content (AvgIpc) is 3.46. The SMILES string of the molecule is Cc1cccc(CN2CCC(c3nc(C(=O)Nc4cccnc4-n4nc(C)cc4C)cs3)CC2)n1.